The minimum atomic E-state index is -1.68. The maximum absolute atomic E-state index is 9.95. The van der Waals surface area contributed by atoms with E-state index in [-0.39, 0.29) is 6.61 Å². The Labute approximate surface area is 39.9 Å². The molecule has 1 atom stereocenters. The molecule has 1 fully saturated rings. The predicted octanol–water partition coefficient (Wildman–Crippen LogP) is -1.81. The van der Waals surface area contributed by atoms with E-state index in [9.17, 15) is 4.79 Å². The third kappa shape index (κ3) is 0.477. The van der Waals surface area contributed by atoms with Crippen LogP contribution in [0.25, 0.3) is 0 Å². The van der Waals surface area contributed by atoms with Crippen molar-refractivity contribution in [3.63, 3.8) is 0 Å². The van der Waals surface area contributed by atoms with Gasteiger partial charge >= 0.3 is 5.97 Å². The molecule has 0 spiro atoms. The summed E-state index contributed by atoms with van der Waals surface area (Å²) >= 11 is 0. The van der Waals surface area contributed by atoms with Gasteiger partial charge in [0.2, 0.25) is 5.72 Å². The summed E-state index contributed by atoms with van der Waals surface area (Å²) in [4.78, 5) is 9.95. The van der Waals surface area contributed by atoms with Crippen LogP contribution in [0.5, 0.6) is 0 Å². The van der Waals surface area contributed by atoms with Gasteiger partial charge in [-0.3, -0.25) is 5.73 Å². The molecule has 0 saturated carbocycles. The zero-order chi connectivity index (χ0) is 5.49. The van der Waals surface area contributed by atoms with Crippen molar-refractivity contribution in [1.29, 1.82) is 0 Å². The van der Waals surface area contributed by atoms with Crippen LogP contribution in [0.2, 0.25) is 0 Å². The van der Waals surface area contributed by atoms with Gasteiger partial charge in [0.05, 0.1) is 0 Å². The van der Waals surface area contributed by atoms with Gasteiger partial charge in [0.15, 0.2) is 0 Å². The minimum Gasteiger partial charge on any atom is -0.457 e. The SMILES string of the molecule is N[C@@]1(O)COC1=O. The van der Waals surface area contributed by atoms with Crippen molar-refractivity contribution in [2.75, 3.05) is 6.61 Å². The van der Waals surface area contributed by atoms with Gasteiger partial charge in [0.1, 0.15) is 6.61 Å². The number of nitrogens with two attached hydrogens (primary N) is 1. The molecule has 0 radical (unpaired) electrons. The van der Waals surface area contributed by atoms with Crippen molar-refractivity contribution >= 4 is 5.97 Å². The van der Waals surface area contributed by atoms with Crippen molar-refractivity contribution in [2.24, 2.45) is 5.73 Å². The van der Waals surface area contributed by atoms with E-state index in [4.69, 9.17) is 10.8 Å². The van der Waals surface area contributed by atoms with E-state index in [1.165, 1.54) is 0 Å². The van der Waals surface area contributed by atoms with E-state index >= 15 is 0 Å². The van der Waals surface area contributed by atoms with Gasteiger partial charge in [-0.25, -0.2) is 4.79 Å². The fourth-order valence-electron chi connectivity index (χ4n) is 0.279. The van der Waals surface area contributed by atoms with Gasteiger partial charge in [-0.1, -0.05) is 0 Å². The van der Waals surface area contributed by atoms with E-state index in [1.54, 1.807) is 0 Å². The summed E-state index contributed by atoms with van der Waals surface area (Å²) < 4.78 is 4.13. The van der Waals surface area contributed by atoms with E-state index in [2.05, 4.69) is 4.74 Å². The predicted molar refractivity (Wildman–Crippen MR) is 20.1 cm³/mol. The normalized spacial score (nSPS) is 39.4. The highest BCUT2D eigenvalue weighted by Crippen LogP contribution is 2.09. The maximum atomic E-state index is 9.95. The van der Waals surface area contributed by atoms with E-state index < -0.39 is 11.7 Å². The molecule has 0 unspecified atom stereocenters. The van der Waals surface area contributed by atoms with Crippen LogP contribution in [0.3, 0.4) is 0 Å². The second-order valence-electron chi connectivity index (χ2n) is 1.50. The molecule has 0 aromatic heterocycles. The maximum Gasteiger partial charge on any atom is 0.357 e. The van der Waals surface area contributed by atoms with Crippen LogP contribution in [-0.2, 0) is 9.53 Å². The molecular formula is C3H5NO3. The number of rotatable bonds is 0. The molecule has 0 aromatic carbocycles. The molecule has 0 aromatic rings. The Morgan fingerprint density at radius 2 is 2.43 bits per heavy atom. The minimum absolute atomic E-state index is 0.0775. The van der Waals surface area contributed by atoms with Crippen LogP contribution >= 0.6 is 0 Å². The number of esters is 1. The van der Waals surface area contributed by atoms with Crippen LogP contribution in [0.15, 0.2) is 0 Å². The Morgan fingerprint density at radius 1 is 2.00 bits per heavy atom. The molecule has 4 nitrogen and oxygen atoms in total. The summed E-state index contributed by atoms with van der Waals surface area (Å²) in [7, 11) is 0. The molecule has 4 heteroatoms. The molecule has 1 rings (SSSR count). The smallest absolute Gasteiger partial charge is 0.357 e. The third-order valence-electron chi connectivity index (χ3n) is 0.777. The summed E-state index contributed by atoms with van der Waals surface area (Å²) in [6.07, 6.45) is 0. The summed E-state index contributed by atoms with van der Waals surface area (Å²) in [6, 6.07) is 0. The van der Waals surface area contributed by atoms with Crippen molar-refractivity contribution in [3.8, 4) is 0 Å². The topological polar surface area (TPSA) is 72.6 Å². The molecule has 3 N–H and O–H groups in total. The van der Waals surface area contributed by atoms with Crippen LogP contribution in [0, 0.1) is 0 Å². The van der Waals surface area contributed by atoms with Crippen LogP contribution < -0.4 is 5.73 Å². The molecule has 1 heterocycles. The Kier molecular flexibility index (Phi) is 0.625. The number of hydrogen-bond donors (Lipinski definition) is 2. The second kappa shape index (κ2) is 0.962. The van der Waals surface area contributed by atoms with Crippen LogP contribution in [-0.4, -0.2) is 23.4 Å². The molecule has 0 aliphatic carbocycles. The molecule has 7 heavy (non-hydrogen) atoms. The lowest BCUT2D eigenvalue weighted by atomic mass is 10.2. The lowest BCUT2D eigenvalue weighted by Crippen LogP contribution is -2.61. The summed E-state index contributed by atoms with van der Waals surface area (Å²) in [6.45, 7) is -0.0775. The summed E-state index contributed by atoms with van der Waals surface area (Å²) in [5.74, 6) is -0.743. The first-order valence-corrected chi connectivity index (χ1v) is 1.81. The average molecular weight is 103 g/mol. The number of hydrogen-bond acceptors (Lipinski definition) is 4. The largest absolute Gasteiger partial charge is 0.457 e. The lowest BCUT2D eigenvalue weighted by molar-refractivity contribution is -0.202. The number of aliphatic hydroxyl groups is 1. The Hall–Kier alpha value is -0.610. The van der Waals surface area contributed by atoms with E-state index in [1.807, 2.05) is 0 Å². The Bertz CT molecular complexity index is 109. The van der Waals surface area contributed by atoms with Gasteiger partial charge < -0.3 is 9.84 Å². The first-order chi connectivity index (χ1) is 3.13. The monoisotopic (exact) mass is 103 g/mol. The fraction of sp³-hybridized carbons (Fsp3) is 0.667. The molecule has 1 aliphatic rings. The molecular weight excluding hydrogens is 98.0 g/mol. The Balaban J connectivity index is 2.59. The van der Waals surface area contributed by atoms with E-state index in [0.717, 1.165) is 0 Å². The second-order valence-corrected chi connectivity index (χ2v) is 1.50. The number of carbonyl (C=O) groups is 1. The van der Waals surface area contributed by atoms with Crippen LogP contribution in [0.1, 0.15) is 0 Å². The van der Waals surface area contributed by atoms with Gasteiger partial charge in [0, 0.05) is 0 Å². The summed E-state index contributed by atoms with van der Waals surface area (Å²) in [5, 5.41) is 8.48. The first-order valence-electron chi connectivity index (χ1n) is 1.81. The van der Waals surface area contributed by atoms with Gasteiger partial charge in [-0.15, -0.1) is 0 Å². The first kappa shape index (κ1) is 4.55. The highest BCUT2D eigenvalue weighted by molar-refractivity contribution is 5.83. The van der Waals surface area contributed by atoms with Gasteiger partial charge in [-0.05, 0) is 0 Å². The van der Waals surface area contributed by atoms with Crippen molar-refractivity contribution in [3.05, 3.63) is 0 Å². The fourth-order valence-corrected chi connectivity index (χ4v) is 0.279. The van der Waals surface area contributed by atoms with Crippen molar-refractivity contribution in [1.82, 2.24) is 0 Å². The molecule has 0 amide bonds. The number of carbonyl (C=O) groups excluding carboxylic acids is 1. The van der Waals surface area contributed by atoms with Crippen LogP contribution in [0.4, 0.5) is 0 Å². The Morgan fingerprint density at radius 3 is 2.43 bits per heavy atom. The average Bonchev–Trinajstić information content (AvgIpc) is 1.63. The zero-order valence-electron chi connectivity index (χ0n) is 3.55. The zero-order valence-corrected chi connectivity index (χ0v) is 3.55. The van der Waals surface area contributed by atoms with Crippen molar-refractivity contribution < 1.29 is 14.6 Å². The summed E-state index contributed by atoms with van der Waals surface area (Å²) in [5.41, 5.74) is 3.17. The highest BCUT2D eigenvalue weighted by atomic mass is 16.6. The highest BCUT2D eigenvalue weighted by Gasteiger charge is 2.43. The molecule has 1 aliphatic heterocycles. The standard InChI is InChI=1S/C3H5NO3/c4-3(6)1-7-2(3)5/h6H,1,4H2/t3-/m1/s1. The van der Waals surface area contributed by atoms with Crippen molar-refractivity contribution in [2.45, 2.75) is 5.72 Å². The quantitative estimate of drug-likeness (QED) is 0.280. The lowest BCUT2D eigenvalue weighted by Gasteiger charge is -2.29. The number of cyclic esters (lactones) is 1. The molecule has 40 valence electrons. The molecule has 1 saturated heterocycles. The van der Waals surface area contributed by atoms with E-state index in [0.29, 0.717) is 0 Å². The van der Waals surface area contributed by atoms with Gasteiger partial charge in [0.25, 0.3) is 0 Å². The number of ether oxygens (including phenoxy) is 1. The molecule has 0 bridgehead atoms. The third-order valence-corrected chi connectivity index (χ3v) is 0.777. The van der Waals surface area contributed by atoms with Gasteiger partial charge in [-0.2, -0.15) is 0 Å².